The van der Waals surface area contributed by atoms with E-state index in [0.717, 1.165) is 11.5 Å². The molecule has 2 aromatic carbocycles. The Morgan fingerprint density at radius 1 is 1.00 bits per heavy atom. The second kappa shape index (κ2) is 5.26. The van der Waals surface area contributed by atoms with Gasteiger partial charge in [-0.3, -0.25) is 0 Å². The standard InChI is InChI=1S/C15H10ClF2N3/c1-19-15-12-6-9(16)2-3-13(12)20-14(21-15)8-4-10(17)7-11(18)5-8/h2-7H,1H3,(H,19,20,21). The highest BCUT2D eigenvalue weighted by Gasteiger charge is 2.11. The molecule has 1 heterocycles. The minimum absolute atomic E-state index is 0.243. The van der Waals surface area contributed by atoms with Gasteiger partial charge in [-0.25, -0.2) is 18.7 Å². The lowest BCUT2D eigenvalue weighted by Crippen LogP contribution is -1.99. The molecule has 3 rings (SSSR count). The molecule has 0 saturated heterocycles. The minimum atomic E-state index is -0.671. The van der Waals surface area contributed by atoms with Crippen molar-refractivity contribution in [3.63, 3.8) is 0 Å². The number of hydrogen-bond donors (Lipinski definition) is 1. The van der Waals surface area contributed by atoms with Crippen molar-refractivity contribution in [1.82, 2.24) is 9.97 Å². The smallest absolute Gasteiger partial charge is 0.162 e. The number of anilines is 1. The summed E-state index contributed by atoms with van der Waals surface area (Å²) in [6, 6.07) is 8.37. The van der Waals surface area contributed by atoms with Crippen molar-refractivity contribution in [3.05, 3.63) is 53.1 Å². The number of hydrogen-bond acceptors (Lipinski definition) is 3. The van der Waals surface area contributed by atoms with Crippen LogP contribution in [0.1, 0.15) is 0 Å². The van der Waals surface area contributed by atoms with Crippen LogP contribution in [-0.2, 0) is 0 Å². The minimum Gasteiger partial charge on any atom is -0.373 e. The summed E-state index contributed by atoms with van der Waals surface area (Å²) in [6.45, 7) is 0. The Morgan fingerprint density at radius 3 is 2.38 bits per heavy atom. The van der Waals surface area contributed by atoms with E-state index in [0.29, 0.717) is 16.4 Å². The quantitative estimate of drug-likeness (QED) is 0.768. The molecule has 0 unspecified atom stereocenters. The van der Waals surface area contributed by atoms with Crippen LogP contribution in [0.15, 0.2) is 36.4 Å². The third-order valence-electron chi connectivity index (χ3n) is 3.02. The summed E-state index contributed by atoms with van der Waals surface area (Å²) in [7, 11) is 1.71. The zero-order valence-corrected chi connectivity index (χ0v) is 11.7. The molecule has 1 aromatic heterocycles. The second-order valence-electron chi connectivity index (χ2n) is 4.47. The average molecular weight is 306 g/mol. The summed E-state index contributed by atoms with van der Waals surface area (Å²) in [5.41, 5.74) is 0.916. The van der Waals surface area contributed by atoms with E-state index in [2.05, 4.69) is 15.3 Å². The molecule has 106 valence electrons. The van der Waals surface area contributed by atoms with Gasteiger partial charge >= 0.3 is 0 Å². The Hall–Kier alpha value is -2.27. The number of nitrogens with one attached hydrogen (secondary N) is 1. The molecular formula is C15H10ClF2N3. The van der Waals surface area contributed by atoms with Gasteiger partial charge in [-0.05, 0) is 30.3 Å². The molecule has 0 aliphatic heterocycles. The van der Waals surface area contributed by atoms with Crippen LogP contribution < -0.4 is 5.32 Å². The highest BCUT2D eigenvalue weighted by molar-refractivity contribution is 6.31. The van der Waals surface area contributed by atoms with Gasteiger partial charge in [-0.1, -0.05) is 11.6 Å². The van der Waals surface area contributed by atoms with E-state index in [1.165, 1.54) is 12.1 Å². The molecule has 3 aromatic rings. The fraction of sp³-hybridized carbons (Fsp3) is 0.0667. The normalized spacial score (nSPS) is 10.9. The van der Waals surface area contributed by atoms with Crippen molar-refractivity contribution in [3.8, 4) is 11.4 Å². The topological polar surface area (TPSA) is 37.8 Å². The molecule has 0 aliphatic rings. The SMILES string of the molecule is CNc1nc(-c2cc(F)cc(F)c2)nc2ccc(Cl)cc12. The van der Waals surface area contributed by atoms with Gasteiger partial charge in [0.2, 0.25) is 0 Å². The predicted molar refractivity (Wildman–Crippen MR) is 79.4 cm³/mol. The highest BCUT2D eigenvalue weighted by Crippen LogP contribution is 2.27. The van der Waals surface area contributed by atoms with Gasteiger partial charge in [0.25, 0.3) is 0 Å². The first-order chi connectivity index (χ1) is 10.1. The Balaban J connectivity index is 2.26. The van der Waals surface area contributed by atoms with Crippen LogP contribution >= 0.6 is 11.6 Å². The first-order valence-electron chi connectivity index (χ1n) is 6.18. The molecular weight excluding hydrogens is 296 g/mol. The summed E-state index contributed by atoms with van der Waals surface area (Å²) in [4.78, 5) is 8.63. The van der Waals surface area contributed by atoms with Crippen LogP contribution in [-0.4, -0.2) is 17.0 Å². The van der Waals surface area contributed by atoms with Crippen LogP contribution in [0.4, 0.5) is 14.6 Å². The zero-order chi connectivity index (χ0) is 15.0. The summed E-state index contributed by atoms with van der Waals surface area (Å²) in [5, 5.41) is 4.24. The molecule has 21 heavy (non-hydrogen) atoms. The number of fused-ring (bicyclic) bond motifs is 1. The summed E-state index contributed by atoms with van der Waals surface area (Å²) < 4.78 is 26.7. The van der Waals surface area contributed by atoms with E-state index in [1.54, 1.807) is 25.2 Å². The maximum Gasteiger partial charge on any atom is 0.162 e. The molecule has 0 fully saturated rings. The Bertz CT molecular complexity index is 816. The first kappa shape index (κ1) is 13.7. The molecule has 3 nitrogen and oxygen atoms in total. The molecule has 0 bridgehead atoms. The number of aromatic nitrogens is 2. The van der Waals surface area contributed by atoms with Gasteiger partial charge in [0, 0.05) is 29.1 Å². The van der Waals surface area contributed by atoms with Crippen molar-refractivity contribution < 1.29 is 8.78 Å². The van der Waals surface area contributed by atoms with E-state index in [9.17, 15) is 8.78 Å². The van der Waals surface area contributed by atoms with Gasteiger partial charge in [-0.2, -0.15) is 0 Å². The van der Waals surface area contributed by atoms with Gasteiger partial charge < -0.3 is 5.32 Å². The Labute approximate surface area is 124 Å². The van der Waals surface area contributed by atoms with Crippen molar-refractivity contribution in [2.24, 2.45) is 0 Å². The van der Waals surface area contributed by atoms with Crippen LogP contribution in [0, 0.1) is 11.6 Å². The van der Waals surface area contributed by atoms with Crippen LogP contribution in [0.3, 0.4) is 0 Å². The fourth-order valence-electron chi connectivity index (χ4n) is 2.10. The highest BCUT2D eigenvalue weighted by atomic mass is 35.5. The lowest BCUT2D eigenvalue weighted by Gasteiger charge is -2.09. The van der Waals surface area contributed by atoms with Gasteiger partial charge in [-0.15, -0.1) is 0 Å². The zero-order valence-electron chi connectivity index (χ0n) is 11.0. The number of nitrogens with zero attached hydrogens (tertiary/aromatic N) is 2. The van der Waals surface area contributed by atoms with Crippen molar-refractivity contribution in [2.45, 2.75) is 0 Å². The van der Waals surface area contributed by atoms with Crippen LogP contribution in [0.2, 0.25) is 5.02 Å². The summed E-state index contributed by atoms with van der Waals surface area (Å²) in [6.07, 6.45) is 0. The molecule has 6 heteroatoms. The number of benzene rings is 2. The first-order valence-corrected chi connectivity index (χ1v) is 6.56. The third kappa shape index (κ3) is 2.64. The van der Waals surface area contributed by atoms with Crippen molar-refractivity contribution in [2.75, 3.05) is 12.4 Å². The second-order valence-corrected chi connectivity index (χ2v) is 4.90. The Morgan fingerprint density at radius 2 is 1.71 bits per heavy atom. The van der Waals surface area contributed by atoms with E-state index in [1.807, 2.05) is 0 Å². The summed E-state index contributed by atoms with van der Waals surface area (Å²) in [5.74, 6) is -0.554. The van der Waals surface area contributed by atoms with E-state index in [4.69, 9.17) is 11.6 Å². The maximum atomic E-state index is 13.3. The van der Waals surface area contributed by atoms with Crippen molar-refractivity contribution >= 4 is 28.3 Å². The van der Waals surface area contributed by atoms with Gasteiger partial charge in [0.15, 0.2) is 5.82 Å². The lowest BCUT2D eigenvalue weighted by molar-refractivity contribution is 0.584. The molecule has 0 amide bonds. The van der Waals surface area contributed by atoms with Crippen LogP contribution in [0.5, 0.6) is 0 Å². The molecule has 0 saturated carbocycles. The van der Waals surface area contributed by atoms with E-state index >= 15 is 0 Å². The molecule has 0 aliphatic carbocycles. The average Bonchev–Trinajstić information content (AvgIpc) is 2.45. The summed E-state index contributed by atoms with van der Waals surface area (Å²) >= 11 is 5.96. The molecule has 0 spiro atoms. The largest absolute Gasteiger partial charge is 0.373 e. The Kier molecular flexibility index (Phi) is 3.43. The van der Waals surface area contributed by atoms with Crippen molar-refractivity contribution in [1.29, 1.82) is 0 Å². The maximum absolute atomic E-state index is 13.3. The van der Waals surface area contributed by atoms with Gasteiger partial charge in [0.1, 0.15) is 17.5 Å². The lowest BCUT2D eigenvalue weighted by atomic mass is 10.1. The van der Waals surface area contributed by atoms with E-state index < -0.39 is 11.6 Å². The predicted octanol–water partition coefficient (Wildman–Crippen LogP) is 4.27. The van der Waals surface area contributed by atoms with Gasteiger partial charge in [0.05, 0.1) is 5.52 Å². The number of rotatable bonds is 2. The molecule has 0 atom stereocenters. The number of halogens is 3. The molecule has 1 N–H and O–H groups in total. The monoisotopic (exact) mass is 305 g/mol. The van der Waals surface area contributed by atoms with E-state index in [-0.39, 0.29) is 11.4 Å². The fourth-order valence-corrected chi connectivity index (χ4v) is 2.28. The third-order valence-corrected chi connectivity index (χ3v) is 3.25. The van der Waals surface area contributed by atoms with Crippen LogP contribution in [0.25, 0.3) is 22.3 Å². The molecule has 0 radical (unpaired) electrons.